The zero-order chi connectivity index (χ0) is 21.5. The quantitative estimate of drug-likeness (QED) is 0.462. The summed E-state index contributed by atoms with van der Waals surface area (Å²) in [5.74, 6) is 1.17. The van der Waals surface area contributed by atoms with Crippen LogP contribution in [0.5, 0.6) is 11.5 Å². The van der Waals surface area contributed by atoms with Crippen molar-refractivity contribution in [1.82, 2.24) is 15.7 Å². The number of nitrogens with one attached hydrogen (secondary N) is 3. The zero-order valence-corrected chi connectivity index (χ0v) is 17.1. The predicted octanol–water partition coefficient (Wildman–Crippen LogP) is 2.99. The maximum Gasteiger partial charge on any atom is 0.158 e. The maximum absolute atomic E-state index is 13.7. The number of methoxy groups -OCH3 is 2. The van der Waals surface area contributed by atoms with Crippen LogP contribution in [0.2, 0.25) is 0 Å². The monoisotopic (exact) mass is 430 g/mol. The molecule has 1 aromatic carbocycles. The molecule has 0 saturated carbocycles. The van der Waals surface area contributed by atoms with Gasteiger partial charge < -0.3 is 20.2 Å². The van der Waals surface area contributed by atoms with Crippen molar-refractivity contribution in [2.24, 2.45) is 10.1 Å². The highest BCUT2D eigenvalue weighted by molar-refractivity contribution is 6.71. The summed E-state index contributed by atoms with van der Waals surface area (Å²) in [6, 6.07) is 8.27. The third-order valence-electron chi connectivity index (χ3n) is 4.17. The summed E-state index contributed by atoms with van der Waals surface area (Å²) in [5.41, 5.74) is 4.10. The first-order chi connectivity index (χ1) is 14.5. The first kappa shape index (κ1) is 21.3. The van der Waals surface area contributed by atoms with Crippen molar-refractivity contribution < 1.29 is 13.9 Å². The molecule has 2 aromatic rings. The topological polar surface area (TPSA) is 104 Å². The fourth-order valence-corrected chi connectivity index (χ4v) is 2.86. The van der Waals surface area contributed by atoms with Crippen molar-refractivity contribution in [3.8, 4) is 11.5 Å². The van der Waals surface area contributed by atoms with Gasteiger partial charge in [-0.3, -0.25) is 10.4 Å². The number of hydrogen-bond donors (Lipinski definition) is 3. The fraction of sp³-hybridized carbons (Fsp3) is 0.200. The Balaban J connectivity index is 1.75. The molecular weight excluding hydrogens is 411 g/mol. The van der Waals surface area contributed by atoms with E-state index in [1.165, 1.54) is 24.4 Å². The summed E-state index contributed by atoms with van der Waals surface area (Å²) in [7, 11) is 3.15. The number of rotatable bonds is 7. The van der Waals surface area contributed by atoms with E-state index in [9.17, 15) is 4.39 Å². The largest absolute Gasteiger partial charge is 0.497 e. The molecule has 1 aliphatic heterocycles. The number of benzene rings is 1. The van der Waals surface area contributed by atoms with E-state index in [1.54, 1.807) is 20.3 Å². The van der Waals surface area contributed by atoms with Crippen molar-refractivity contribution in [3.63, 3.8) is 0 Å². The molecule has 0 radical (unpaired) electrons. The Bertz CT molecular complexity index is 1040. The minimum atomic E-state index is -0.439. The molecule has 10 heteroatoms. The van der Waals surface area contributed by atoms with Gasteiger partial charge in [0.15, 0.2) is 11.5 Å². The SMILES string of the molecule is COc1ccc(CNC2=NC(Cl)=CC(=N)/C2=N\NCc2ncccc2F)c(OC)c1. The van der Waals surface area contributed by atoms with Gasteiger partial charge in [0.1, 0.15) is 22.5 Å². The summed E-state index contributed by atoms with van der Waals surface area (Å²) in [4.78, 5) is 8.18. The Kier molecular flexibility index (Phi) is 6.97. The van der Waals surface area contributed by atoms with Crippen LogP contribution in [0.4, 0.5) is 4.39 Å². The normalized spacial score (nSPS) is 14.8. The van der Waals surface area contributed by atoms with Gasteiger partial charge in [-0.15, -0.1) is 0 Å². The van der Waals surface area contributed by atoms with Crippen LogP contribution in [0.25, 0.3) is 0 Å². The number of hydrazone groups is 1. The standard InChI is InChI=1S/C20H20ClFN6O2/c1-29-13-6-5-12(17(8-13)30-2)10-25-20-19(15(23)9-18(21)27-20)28-26-11-16-14(22)4-3-7-24-16/h3-9,23,26H,10-11H2,1-2H3,(H,25,27)/b23-15?,28-19+. The van der Waals surface area contributed by atoms with E-state index >= 15 is 0 Å². The lowest BCUT2D eigenvalue weighted by atomic mass is 10.1. The van der Waals surface area contributed by atoms with Crippen LogP contribution in [-0.2, 0) is 13.1 Å². The lowest BCUT2D eigenvalue weighted by Crippen LogP contribution is -2.38. The molecule has 1 aromatic heterocycles. The number of halogens is 2. The first-order valence-corrected chi connectivity index (χ1v) is 9.29. The van der Waals surface area contributed by atoms with Crippen molar-refractivity contribution in [2.45, 2.75) is 13.1 Å². The van der Waals surface area contributed by atoms with Crippen LogP contribution in [0.1, 0.15) is 11.3 Å². The average molecular weight is 431 g/mol. The average Bonchev–Trinajstić information content (AvgIpc) is 2.74. The molecule has 30 heavy (non-hydrogen) atoms. The molecule has 0 spiro atoms. The van der Waals surface area contributed by atoms with Gasteiger partial charge in [-0.1, -0.05) is 11.6 Å². The molecule has 0 aliphatic carbocycles. The zero-order valence-electron chi connectivity index (χ0n) is 16.4. The van der Waals surface area contributed by atoms with E-state index in [0.29, 0.717) is 23.9 Å². The number of pyridine rings is 1. The first-order valence-electron chi connectivity index (χ1n) is 8.91. The van der Waals surface area contributed by atoms with Gasteiger partial charge in [-0.2, -0.15) is 5.10 Å². The molecule has 0 atom stereocenters. The second kappa shape index (κ2) is 9.84. The highest BCUT2D eigenvalue weighted by Crippen LogP contribution is 2.24. The van der Waals surface area contributed by atoms with Gasteiger partial charge in [0.2, 0.25) is 0 Å². The number of hydrogen-bond acceptors (Lipinski definition) is 8. The Morgan fingerprint density at radius 2 is 2.03 bits per heavy atom. The van der Waals surface area contributed by atoms with Crippen LogP contribution >= 0.6 is 11.6 Å². The molecule has 0 unspecified atom stereocenters. The van der Waals surface area contributed by atoms with E-state index in [2.05, 4.69) is 25.8 Å². The second-order valence-electron chi connectivity index (χ2n) is 6.10. The lowest BCUT2D eigenvalue weighted by molar-refractivity contribution is 0.390. The van der Waals surface area contributed by atoms with Gasteiger partial charge in [-0.25, -0.2) is 9.38 Å². The van der Waals surface area contributed by atoms with Crippen LogP contribution in [0.15, 0.2) is 57.9 Å². The number of ether oxygens (including phenoxy) is 2. The van der Waals surface area contributed by atoms with Crippen molar-refractivity contribution in [2.75, 3.05) is 14.2 Å². The van der Waals surface area contributed by atoms with Gasteiger partial charge in [-0.05, 0) is 24.3 Å². The van der Waals surface area contributed by atoms with E-state index in [0.717, 1.165) is 5.56 Å². The number of nitrogens with zero attached hydrogens (tertiary/aromatic N) is 3. The molecule has 0 amide bonds. The molecule has 0 saturated heterocycles. The molecule has 8 nitrogen and oxygen atoms in total. The molecule has 3 N–H and O–H groups in total. The van der Waals surface area contributed by atoms with Gasteiger partial charge in [0.05, 0.1) is 32.2 Å². The lowest BCUT2D eigenvalue weighted by Gasteiger charge is -2.17. The number of aromatic nitrogens is 1. The van der Waals surface area contributed by atoms with Crippen LogP contribution < -0.4 is 20.2 Å². The molecular formula is C20H20ClFN6O2. The van der Waals surface area contributed by atoms with Crippen LogP contribution in [0.3, 0.4) is 0 Å². The number of amidine groups is 1. The summed E-state index contributed by atoms with van der Waals surface area (Å²) in [6.07, 6.45) is 2.87. The summed E-state index contributed by atoms with van der Waals surface area (Å²) < 4.78 is 24.3. The van der Waals surface area contributed by atoms with Crippen molar-refractivity contribution >= 4 is 28.9 Å². The van der Waals surface area contributed by atoms with Crippen LogP contribution in [-0.4, -0.2) is 36.5 Å². The Morgan fingerprint density at radius 3 is 2.77 bits per heavy atom. The molecule has 3 rings (SSSR count). The third-order valence-corrected chi connectivity index (χ3v) is 4.37. The Morgan fingerprint density at radius 1 is 1.20 bits per heavy atom. The Hall–Kier alpha value is -3.46. The number of allylic oxidation sites excluding steroid dienone is 1. The van der Waals surface area contributed by atoms with Gasteiger partial charge in [0.25, 0.3) is 0 Å². The van der Waals surface area contributed by atoms with Gasteiger partial charge in [0, 0.05) is 30.4 Å². The van der Waals surface area contributed by atoms with Crippen molar-refractivity contribution in [3.05, 3.63) is 64.8 Å². The van der Waals surface area contributed by atoms with Crippen LogP contribution in [0, 0.1) is 11.2 Å². The number of aliphatic imine (C=N–C) groups is 1. The smallest absolute Gasteiger partial charge is 0.158 e. The molecule has 1 aliphatic rings. The highest BCUT2D eigenvalue weighted by Gasteiger charge is 2.20. The molecule has 0 bridgehead atoms. The summed E-state index contributed by atoms with van der Waals surface area (Å²) in [5, 5.41) is 15.6. The molecule has 2 heterocycles. The predicted molar refractivity (Wildman–Crippen MR) is 114 cm³/mol. The highest BCUT2D eigenvalue weighted by atomic mass is 35.5. The second-order valence-corrected chi connectivity index (χ2v) is 6.49. The maximum atomic E-state index is 13.7. The minimum absolute atomic E-state index is 0.0560. The van der Waals surface area contributed by atoms with Gasteiger partial charge >= 0.3 is 0 Å². The third kappa shape index (κ3) is 5.12. The van der Waals surface area contributed by atoms with E-state index in [4.69, 9.17) is 26.5 Å². The van der Waals surface area contributed by atoms with Crippen molar-refractivity contribution in [1.29, 1.82) is 5.41 Å². The minimum Gasteiger partial charge on any atom is -0.497 e. The Labute approximate surface area is 178 Å². The molecule has 0 fully saturated rings. The van der Waals surface area contributed by atoms with E-state index in [1.807, 2.05) is 12.1 Å². The summed E-state index contributed by atoms with van der Waals surface area (Å²) in [6.45, 7) is 0.401. The van der Waals surface area contributed by atoms with E-state index < -0.39 is 5.82 Å². The molecule has 156 valence electrons. The van der Waals surface area contributed by atoms with E-state index in [-0.39, 0.29) is 28.8 Å². The summed E-state index contributed by atoms with van der Waals surface area (Å²) >= 11 is 6.02. The fourth-order valence-electron chi connectivity index (χ4n) is 2.66.